The van der Waals surface area contributed by atoms with Crippen molar-refractivity contribution >= 4 is 23.5 Å². The second-order valence-electron chi connectivity index (χ2n) is 7.56. The van der Waals surface area contributed by atoms with E-state index in [1.54, 1.807) is 35.2 Å². The highest BCUT2D eigenvalue weighted by molar-refractivity contribution is 6.30. The fraction of sp³-hybridized carbons (Fsp3) is 0.148. The first kappa shape index (κ1) is 24.7. The third-order valence-corrected chi connectivity index (χ3v) is 5.39. The fourth-order valence-corrected chi connectivity index (χ4v) is 3.59. The van der Waals surface area contributed by atoms with Gasteiger partial charge in [-0.15, -0.1) is 0 Å². The molecule has 0 saturated heterocycles. The number of aromatic nitrogens is 2. The first-order valence-electron chi connectivity index (χ1n) is 10.8. The van der Waals surface area contributed by atoms with Gasteiger partial charge in [0.1, 0.15) is 5.82 Å². The summed E-state index contributed by atoms with van der Waals surface area (Å²) in [6.45, 7) is 6.44. The van der Waals surface area contributed by atoms with Crippen LogP contribution in [0.3, 0.4) is 0 Å². The third kappa shape index (κ3) is 6.33. The van der Waals surface area contributed by atoms with Gasteiger partial charge in [-0.25, -0.2) is 9.78 Å². The van der Waals surface area contributed by atoms with Crippen LogP contribution in [0, 0.1) is 0 Å². The lowest BCUT2D eigenvalue weighted by Gasteiger charge is -2.22. The summed E-state index contributed by atoms with van der Waals surface area (Å²) in [5.41, 5.74) is 2.08. The number of hydrogen-bond acceptors (Lipinski definition) is 3. The number of carboxylic acids is 1. The normalized spacial score (nSPS) is 11.5. The largest absolute Gasteiger partial charge is 0.477 e. The molecule has 0 aliphatic carbocycles. The number of aromatic carboxylic acids is 1. The Morgan fingerprint density at radius 2 is 1.94 bits per heavy atom. The minimum atomic E-state index is -1.26. The molecule has 1 amide bonds. The molecule has 2 N–H and O–H groups in total. The number of carboxylic acid groups (broad SMARTS) is 1. The average molecular weight is 476 g/mol. The van der Waals surface area contributed by atoms with E-state index in [4.69, 9.17) is 11.6 Å². The number of rotatable bonds is 10. The lowest BCUT2D eigenvalue weighted by atomic mass is 10.1. The van der Waals surface area contributed by atoms with Crippen molar-refractivity contribution in [3.05, 3.63) is 113 Å². The zero-order valence-electron chi connectivity index (χ0n) is 18.9. The van der Waals surface area contributed by atoms with Crippen LogP contribution in [0.5, 0.6) is 0 Å². The summed E-state index contributed by atoms with van der Waals surface area (Å²) in [4.78, 5) is 34.3. The maximum absolute atomic E-state index is 13.6. The van der Waals surface area contributed by atoms with Gasteiger partial charge in [0.15, 0.2) is 11.4 Å². The maximum Gasteiger partial charge on any atom is 0.354 e. The summed E-state index contributed by atoms with van der Waals surface area (Å²) < 4.78 is 0. The molecule has 0 unspecified atom stereocenters. The van der Waals surface area contributed by atoms with E-state index < -0.39 is 11.9 Å². The van der Waals surface area contributed by atoms with Crippen LogP contribution in [0.1, 0.15) is 39.9 Å². The summed E-state index contributed by atoms with van der Waals surface area (Å²) in [7, 11) is 0. The number of hydrogen-bond donors (Lipinski definition) is 2. The van der Waals surface area contributed by atoms with Crippen LogP contribution < -0.4 is 0 Å². The summed E-state index contributed by atoms with van der Waals surface area (Å²) >= 11 is 6.08. The number of amides is 1. The number of carbonyl (C=O) groups is 2. The minimum absolute atomic E-state index is 0.143. The van der Waals surface area contributed by atoms with E-state index >= 15 is 0 Å². The summed E-state index contributed by atoms with van der Waals surface area (Å²) in [5.74, 6) is -1.47. The predicted molar refractivity (Wildman–Crippen MR) is 135 cm³/mol. The van der Waals surface area contributed by atoms with Crippen molar-refractivity contribution in [2.45, 2.75) is 19.9 Å². The molecule has 2 aromatic carbocycles. The molecule has 0 aliphatic rings. The Morgan fingerprint density at radius 3 is 2.59 bits per heavy atom. The van der Waals surface area contributed by atoms with Crippen molar-refractivity contribution in [1.29, 1.82) is 0 Å². The van der Waals surface area contributed by atoms with Crippen molar-refractivity contribution in [2.24, 2.45) is 0 Å². The highest BCUT2D eigenvalue weighted by Crippen LogP contribution is 2.23. The molecule has 3 aromatic rings. The topological polar surface area (TPSA) is 86.3 Å². The van der Waals surface area contributed by atoms with Gasteiger partial charge >= 0.3 is 5.97 Å². The number of carbonyl (C=O) groups excluding carboxylic acids is 1. The summed E-state index contributed by atoms with van der Waals surface area (Å²) in [6.07, 6.45) is 8.07. The van der Waals surface area contributed by atoms with Crippen LogP contribution >= 0.6 is 11.6 Å². The van der Waals surface area contributed by atoms with Crippen LogP contribution in [-0.4, -0.2) is 38.4 Å². The average Bonchev–Trinajstić information content (AvgIpc) is 3.29. The van der Waals surface area contributed by atoms with Gasteiger partial charge in [0.2, 0.25) is 0 Å². The second-order valence-corrected chi connectivity index (χ2v) is 7.99. The van der Waals surface area contributed by atoms with Crippen molar-refractivity contribution in [2.75, 3.05) is 6.54 Å². The lowest BCUT2D eigenvalue weighted by molar-refractivity contribution is 0.0666. The van der Waals surface area contributed by atoms with Crippen LogP contribution in [0.25, 0.3) is 11.4 Å². The van der Waals surface area contributed by atoms with Gasteiger partial charge in [0, 0.05) is 23.7 Å². The standard InChI is InChI=1S/C27H26ClN3O3/c1-3-5-10-19(4-2)15-16-31(18-20-11-7-6-8-12-20)26(32)23-24(27(33)34)30-25(29-23)21-13-9-14-22(28)17-21/h3-14,17H,2,15-16,18H2,1H3,(H,29,30)(H,33,34)/b5-3-,19-10+. The molecule has 0 aliphatic heterocycles. The SMILES string of the molecule is C=C/C(=C\C=C/C)CCN(Cc1ccccc1)C(=O)c1nc(-c2cccc(Cl)c2)[nH]c1C(=O)O. The summed E-state index contributed by atoms with van der Waals surface area (Å²) in [6, 6.07) is 16.4. The molecule has 7 heteroatoms. The molecule has 3 rings (SSSR count). The molecule has 0 saturated carbocycles. The number of nitrogens with one attached hydrogen (secondary N) is 1. The van der Waals surface area contributed by atoms with Crippen LogP contribution in [0.15, 0.2) is 91.1 Å². The van der Waals surface area contributed by atoms with Crippen LogP contribution in [0.2, 0.25) is 5.02 Å². The Hall–Kier alpha value is -3.90. The molecule has 0 bridgehead atoms. The van der Waals surface area contributed by atoms with E-state index in [-0.39, 0.29) is 17.2 Å². The Balaban J connectivity index is 1.97. The van der Waals surface area contributed by atoms with Gasteiger partial charge in [-0.2, -0.15) is 0 Å². The van der Waals surface area contributed by atoms with Crippen molar-refractivity contribution < 1.29 is 14.7 Å². The van der Waals surface area contributed by atoms with Crippen LogP contribution in [-0.2, 0) is 6.54 Å². The molecule has 0 spiro atoms. The number of aromatic amines is 1. The van der Waals surface area contributed by atoms with Gasteiger partial charge < -0.3 is 15.0 Å². The Kier molecular flexibility index (Phi) is 8.60. The number of halogens is 1. The zero-order chi connectivity index (χ0) is 24.5. The predicted octanol–water partition coefficient (Wildman–Crippen LogP) is 6.15. The third-order valence-electron chi connectivity index (χ3n) is 5.16. The molecule has 6 nitrogen and oxygen atoms in total. The van der Waals surface area contributed by atoms with Gasteiger partial charge in [-0.05, 0) is 36.6 Å². The molecule has 0 atom stereocenters. The smallest absolute Gasteiger partial charge is 0.354 e. The van der Waals surface area contributed by atoms with Gasteiger partial charge in [-0.3, -0.25) is 4.79 Å². The quantitative estimate of drug-likeness (QED) is 0.344. The molecular weight excluding hydrogens is 450 g/mol. The Bertz CT molecular complexity index is 1230. The van der Waals surface area contributed by atoms with E-state index in [0.717, 1.165) is 11.1 Å². The van der Waals surface area contributed by atoms with Crippen molar-refractivity contribution in [3.63, 3.8) is 0 Å². The molecular formula is C27H26ClN3O3. The number of allylic oxidation sites excluding steroid dienone is 4. The molecule has 0 fully saturated rings. The second kappa shape index (κ2) is 11.8. The molecule has 0 radical (unpaired) electrons. The minimum Gasteiger partial charge on any atom is -0.477 e. The van der Waals surface area contributed by atoms with E-state index in [0.29, 0.717) is 30.1 Å². The maximum atomic E-state index is 13.6. The van der Waals surface area contributed by atoms with E-state index in [1.165, 1.54) is 0 Å². The zero-order valence-corrected chi connectivity index (χ0v) is 19.6. The van der Waals surface area contributed by atoms with Crippen LogP contribution in [0.4, 0.5) is 0 Å². The van der Waals surface area contributed by atoms with Gasteiger partial charge in [0.25, 0.3) is 5.91 Å². The van der Waals surface area contributed by atoms with Gasteiger partial charge in [-0.1, -0.05) is 84.9 Å². The first-order chi connectivity index (χ1) is 16.4. The summed E-state index contributed by atoms with van der Waals surface area (Å²) in [5, 5.41) is 10.2. The van der Waals surface area contributed by atoms with Gasteiger partial charge in [0.05, 0.1) is 0 Å². The highest BCUT2D eigenvalue weighted by Gasteiger charge is 2.27. The monoisotopic (exact) mass is 475 g/mol. The number of benzene rings is 2. The van der Waals surface area contributed by atoms with E-state index in [9.17, 15) is 14.7 Å². The van der Waals surface area contributed by atoms with E-state index in [1.807, 2.05) is 55.5 Å². The van der Waals surface area contributed by atoms with Crippen molar-refractivity contribution in [3.8, 4) is 11.4 Å². The van der Waals surface area contributed by atoms with E-state index in [2.05, 4.69) is 16.5 Å². The fourth-order valence-electron chi connectivity index (χ4n) is 3.40. The number of imidazole rings is 1. The Labute approximate surface area is 203 Å². The molecule has 1 aromatic heterocycles. The molecule has 174 valence electrons. The lowest BCUT2D eigenvalue weighted by Crippen LogP contribution is -2.33. The number of H-pyrrole nitrogens is 1. The van der Waals surface area contributed by atoms with Crippen molar-refractivity contribution in [1.82, 2.24) is 14.9 Å². The number of nitrogens with zero attached hydrogens (tertiary/aromatic N) is 2. The highest BCUT2D eigenvalue weighted by atomic mass is 35.5. The molecule has 34 heavy (non-hydrogen) atoms. The first-order valence-corrected chi connectivity index (χ1v) is 11.2. The molecule has 1 heterocycles. The Morgan fingerprint density at radius 1 is 1.18 bits per heavy atom.